The molecule has 0 bridgehead atoms. The van der Waals surface area contributed by atoms with Gasteiger partial charge in [0.15, 0.2) is 12.4 Å². The highest BCUT2D eigenvalue weighted by atomic mass is 15.3. The van der Waals surface area contributed by atoms with Gasteiger partial charge < -0.3 is 0 Å². The second kappa shape index (κ2) is 4.45. The van der Waals surface area contributed by atoms with E-state index in [2.05, 4.69) is 23.3 Å². The first kappa shape index (κ1) is 10.7. The van der Waals surface area contributed by atoms with Crippen LogP contribution < -0.4 is 4.57 Å². The molecule has 1 aromatic carbocycles. The monoisotopic (exact) mass is 236 g/mol. The molecule has 18 heavy (non-hydrogen) atoms. The predicted molar refractivity (Wildman–Crippen MR) is 72.5 cm³/mol. The number of rotatable bonds is 2. The maximum Gasteiger partial charge on any atom is 0.177 e. The number of hydrogen-bond donors (Lipinski definition) is 0. The Bertz CT molecular complexity index is 710. The minimum Gasteiger partial charge on any atom is -0.240 e. The topological polar surface area (TPSA) is 21.2 Å². The summed E-state index contributed by atoms with van der Waals surface area (Å²) in [6, 6.07) is 14.3. The van der Waals surface area contributed by atoms with E-state index in [4.69, 9.17) is 0 Å². The van der Waals surface area contributed by atoms with Crippen molar-refractivity contribution in [1.29, 1.82) is 0 Å². The summed E-state index contributed by atoms with van der Waals surface area (Å²) in [5.74, 6) is 0. The minimum absolute atomic E-state index is 1.08. The van der Waals surface area contributed by atoms with Crippen LogP contribution in [-0.4, -0.2) is 10.9 Å². The third-order valence-corrected chi connectivity index (χ3v) is 2.87. The lowest BCUT2D eigenvalue weighted by atomic mass is 10.3. The van der Waals surface area contributed by atoms with Gasteiger partial charge in [0.25, 0.3) is 0 Å². The fourth-order valence-electron chi connectivity index (χ4n) is 1.99. The molecule has 0 fully saturated rings. The van der Waals surface area contributed by atoms with Crippen molar-refractivity contribution in [1.82, 2.24) is 4.68 Å². The van der Waals surface area contributed by atoms with Crippen LogP contribution in [0.3, 0.4) is 0 Å². The molecule has 0 amide bonds. The van der Waals surface area contributed by atoms with E-state index in [0.717, 1.165) is 11.1 Å². The van der Waals surface area contributed by atoms with Crippen molar-refractivity contribution in [3.63, 3.8) is 0 Å². The van der Waals surface area contributed by atoms with Crippen molar-refractivity contribution in [3.05, 3.63) is 66.6 Å². The Labute approximate surface area is 106 Å². The van der Waals surface area contributed by atoms with Gasteiger partial charge in [0.2, 0.25) is 0 Å². The number of benzene rings is 1. The summed E-state index contributed by atoms with van der Waals surface area (Å²) in [6.07, 6.45) is 7.88. The summed E-state index contributed by atoms with van der Waals surface area (Å²) in [7, 11) is 2.00. The van der Waals surface area contributed by atoms with E-state index in [-0.39, 0.29) is 0 Å². The van der Waals surface area contributed by atoms with E-state index in [1.807, 2.05) is 65.4 Å². The Morgan fingerprint density at radius 1 is 1.11 bits per heavy atom. The zero-order chi connectivity index (χ0) is 12.4. The molecule has 3 rings (SSSR count). The van der Waals surface area contributed by atoms with Crippen LogP contribution in [0.2, 0.25) is 0 Å². The molecule has 0 atom stereocenters. The van der Waals surface area contributed by atoms with Gasteiger partial charge in [-0.1, -0.05) is 18.2 Å². The molecule has 3 heteroatoms. The highest BCUT2D eigenvalue weighted by molar-refractivity contribution is 5.82. The Morgan fingerprint density at radius 3 is 2.89 bits per heavy atom. The lowest BCUT2D eigenvalue weighted by molar-refractivity contribution is -0.671. The molecule has 2 aromatic heterocycles. The van der Waals surface area contributed by atoms with Crippen molar-refractivity contribution < 1.29 is 4.57 Å². The van der Waals surface area contributed by atoms with Gasteiger partial charge in [0, 0.05) is 17.6 Å². The molecule has 88 valence electrons. The number of nitrogens with zero attached hydrogens (tertiary/aromatic N) is 3. The maximum absolute atomic E-state index is 4.48. The lowest BCUT2D eigenvalue weighted by Crippen LogP contribution is -2.26. The van der Waals surface area contributed by atoms with Crippen LogP contribution in [0.25, 0.3) is 10.9 Å². The molecule has 0 spiro atoms. The minimum atomic E-state index is 1.08. The van der Waals surface area contributed by atoms with Crippen molar-refractivity contribution >= 4 is 17.1 Å². The van der Waals surface area contributed by atoms with Crippen molar-refractivity contribution in [2.75, 3.05) is 0 Å². The normalized spacial score (nSPS) is 11.4. The second-order valence-corrected chi connectivity index (χ2v) is 4.27. The molecule has 0 aliphatic heterocycles. The molecule has 3 nitrogen and oxygen atoms in total. The molecule has 0 aliphatic rings. The second-order valence-electron chi connectivity index (χ2n) is 4.27. The highest BCUT2D eigenvalue weighted by Crippen LogP contribution is 2.14. The van der Waals surface area contributed by atoms with Crippen LogP contribution in [0, 0.1) is 0 Å². The van der Waals surface area contributed by atoms with E-state index >= 15 is 0 Å². The smallest absolute Gasteiger partial charge is 0.177 e. The van der Waals surface area contributed by atoms with Gasteiger partial charge in [-0.25, -0.2) is 9.24 Å². The lowest BCUT2D eigenvalue weighted by Gasteiger charge is -1.96. The average Bonchev–Trinajstić information content (AvgIpc) is 2.80. The SMILES string of the molecule is C[n+]1cccc(/C=N\n2ccc3ccccc32)c1. The molecule has 0 saturated heterocycles. The largest absolute Gasteiger partial charge is 0.240 e. The molecule has 0 N–H and O–H groups in total. The molecule has 0 radical (unpaired) electrons. The van der Waals surface area contributed by atoms with E-state index < -0.39 is 0 Å². The molecule has 0 aliphatic carbocycles. The Morgan fingerprint density at radius 2 is 2.00 bits per heavy atom. The molecule has 0 unspecified atom stereocenters. The van der Waals surface area contributed by atoms with Crippen LogP contribution in [0.15, 0.2) is 66.2 Å². The van der Waals surface area contributed by atoms with Crippen LogP contribution in [0.5, 0.6) is 0 Å². The standard InChI is InChI=1S/C15H14N3/c1-17-9-4-5-13(12-17)11-16-18-10-8-14-6-2-3-7-15(14)18/h2-12H,1H3/q+1/b16-11-. The summed E-state index contributed by atoms with van der Waals surface area (Å²) in [4.78, 5) is 0. The third-order valence-electron chi connectivity index (χ3n) is 2.87. The quantitative estimate of drug-likeness (QED) is 0.481. The molecule has 2 heterocycles. The highest BCUT2D eigenvalue weighted by Gasteiger charge is 1.98. The Hall–Kier alpha value is -2.42. The third kappa shape index (κ3) is 2.02. The fourth-order valence-corrected chi connectivity index (χ4v) is 1.99. The van der Waals surface area contributed by atoms with E-state index in [0.29, 0.717) is 0 Å². The Kier molecular flexibility index (Phi) is 2.65. The number of aryl methyl sites for hydroxylation is 1. The van der Waals surface area contributed by atoms with Crippen molar-refractivity contribution in [3.8, 4) is 0 Å². The van der Waals surface area contributed by atoms with Gasteiger partial charge in [0.05, 0.1) is 17.3 Å². The van der Waals surface area contributed by atoms with Crippen molar-refractivity contribution in [2.45, 2.75) is 0 Å². The van der Waals surface area contributed by atoms with Gasteiger partial charge in [-0.2, -0.15) is 5.10 Å². The molecular formula is C15H14N3+. The molecular weight excluding hydrogens is 222 g/mol. The summed E-state index contributed by atoms with van der Waals surface area (Å²) >= 11 is 0. The van der Waals surface area contributed by atoms with Gasteiger partial charge >= 0.3 is 0 Å². The number of aromatic nitrogens is 2. The van der Waals surface area contributed by atoms with Crippen LogP contribution >= 0.6 is 0 Å². The van der Waals surface area contributed by atoms with E-state index in [1.54, 1.807) is 0 Å². The van der Waals surface area contributed by atoms with Crippen LogP contribution in [0.1, 0.15) is 5.56 Å². The first-order chi connectivity index (χ1) is 8.83. The zero-order valence-electron chi connectivity index (χ0n) is 10.2. The summed E-state index contributed by atoms with van der Waals surface area (Å²) in [5.41, 5.74) is 2.20. The molecule has 0 saturated carbocycles. The zero-order valence-corrected chi connectivity index (χ0v) is 10.2. The van der Waals surface area contributed by atoms with Gasteiger partial charge in [-0.15, -0.1) is 0 Å². The molecule has 3 aromatic rings. The fraction of sp³-hybridized carbons (Fsp3) is 0.0667. The number of pyridine rings is 1. The first-order valence-corrected chi connectivity index (χ1v) is 5.89. The van der Waals surface area contributed by atoms with Crippen LogP contribution in [0.4, 0.5) is 0 Å². The average molecular weight is 236 g/mol. The Balaban J connectivity index is 1.97. The summed E-state index contributed by atoms with van der Waals surface area (Å²) in [5, 5.41) is 5.69. The first-order valence-electron chi connectivity index (χ1n) is 5.89. The van der Waals surface area contributed by atoms with Gasteiger partial charge in [-0.05, 0) is 18.2 Å². The van der Waals surface area contributed by atoms with Gasteiger partial charge in [-0.3, -0.25) is 0 Å². The van der Waals surface area contributed by atoms with E-state index in [9.17, 15) is 0 Å². The summed E-state index contributed by atoms with van der Waals surface area (Å²) in [6.45, 7) is 0. The summed E-state index contributed by atoms with van der Waals surface area (Å²) < 4.78 is 3.90. The number of para-hydroxylation sites is 1. The number of hydrogen-bond acceptors (Lipinski definition) is 1. The van der Waals surface area contributed by atoms with E-state index in [1.165, 1.54) is 5.39 Å². The van der Waals surface area contributed by atoms with Crippen molar-refractivity contribution in [2.24, 2.45) is 12.1 Å². The van der Waals surface area contributed by atoms with Crippen LogP contribution in [-0.2, 0) is 7.05 Å². The number of fused-ring (bicyclic) bond motifs is 1. The van der Waals surface area contributed by atoms with Gasteiger partial charge in [0.1, 0.15) is 7.05 Å². The predicted octanol–water partition coefficient (Wildman–Crippen LogP) is 2.35. The maximum atomic E-state index is 4.48.